The molecule has 2 aromatic carbocycles. The zero-order valence-electron chi connectivity index (χ0n) is 17.7. The first kappa shape index (κ1) is 25.0. The number of nitrogen functional groups attached to an aromatic ring is 2. The Hall–Kier alpha value is -4.63. The molecular formula is C19H16ClFN8O6. The van der Waals surface area contributed by atoms with Crippen LogP contribution >= 0.6 is 11.8 Å². The molecule has 2 heterocycles. The van der Waals surface area contributed by atoms with Crippen molar-refractivity contribution >= 4 is 52.5 Å². The first-order valence-corrected chi connectivity index (χ1v) is 9.77. The largest absolute Gasteiger partial charge is 0.477 e. The Bertz CT molecular complexity index is 1510. The van der Waals surface area contributed by atoms with Gasteiger partial charge in [0.15, 0.2) is 11.4 Å². The Balaban J connectivity index is 0.000000196. The molecule has 0 aliphatic rings. The molecule has 0 bridgehead atoms. The highest BCUT2D eigenvalue weighted by atomic mass is 35.5. The first-order chi connectivity index (χ1) is 16.6. The van der Waals surface area contributed by atoms with Gasteiger partial charge in [-0.15, -0.1) is 5.10 Å². The third kappa shape index (κ3) is 5.15. The maximum absolute atomic E-state index is 13.5. The normalized spacial score (nSPS) is 10.6. The Kier molecular flexibility index (Phi) is 7.22. The van der Waals surface area contributed by atoms with Crippen molar-refractivity contribution in [1.82, 2.24) is 24.4 Å². The number of carboxylic acids is 1. The van der Waals surface area contributed by atoms with E-state index in [-0.39, 0.29) is 40.2 Å². The number of rotatable bonds is 6. The second kappa shape index (κ2) is 10.1. The van der Waals surface area contributed by atoms with E-state index in [1.807, 2.05) is 0 Å². The van der Waals surface area contributed by atoms with Crippen LogP contribution in [0.15, 0.2) is 33.9 Å². The molecule has 0 radical (unpaired) electrons. The molecule has 0 unspecified atom stereocenters. The third-order valence-electron chi connectivity index (χ3n) is 4.45. The summed E-state index contributed by atoms with van der Waals surface area (Å²) in [5.41, 5.74) is 9.26. The fourth-order valence-electron chi connectivity index (χ4n) is 2.77. The number of halogens is 2. The highest BCUT2D eigenvalue weighted by Crippen LogP contribution is 2.22. The van der Waals surface area contributed by atoms with Gasteiger partial charge in [-0.05, 0) is 29.5 Å². The second-order valence-electron chi connectivity index (χ2n) is 6.70. The summed E-state index contributed by atoms with van der Waals surface area (Å²) in [4.78, 5) is 54.1. The zero-order valence-corrected chi connectivity index (χ0v) is 18.5. The number of hydrogen-bond donors (Lipinski definition) is 5. The number of carbonyl (C=O) groups excluding carboxylic acids is 1. The molecule has 35 heavy (non-hydrogen) atoms. The Morgan fingerprint density at radius 1 is 1.20 bits per heavy atom. The van der Waals surface area contributed by atoms with Gasteiger partial charge in [-0.2, -0.15) is 9.50 Å². The Labute approximate surface area is 199 Å². The molecule has 2 aromatic heterocycles. The van der Waals surface area contributed by atoms with Gasteiger partial charge in [0.1, 0.15) is 17.2 Å². The molecule has 0 atom stereocenters. The summed E-state index contributed by atoms with van der Waals surface area (Å²) in [6.45, 7) is 0.331. The third-order valence-corrected chi connectivity index (χ3v) is 4.58. The van der Waals surface area contributed by atoms with Crippen LogP contribution < -0.4 is 32.5 Å². The van der Waals surface area contributed by atoms with Gasteiger partial charge in [-0.1, -0.05) is 6.07 Å². The van der Waals surface area contributed by atoms with E-state index in [1.165, 1.54) is 12.1 Å². The summed E-state index contributed by atoms with van der Waals surface area (Å²) in [6, 6.07) is 5.28. The SMILES string of the molecule is COC(=O)c1cc(C(=O)O)nc2nc(N)nn12.Nc1c(Nc2cc(CNCl)ccc2F)c(=O)c1=O. The first-order valence-electron chi connectivity index (χ1n) is 9.40. The number of fused-ring (bicyclic) bond motifs is 1. The minimum Gasteiger partial charge on any atom is -0.477 e. The predicted molar refractivity (Wildman–Crippen MR) is 122 cm³/mol. The molecule has 0 fully saturated rings. The molecule has 0 aliphatic carbocycles. The molecule has 0 amide bonds. The topological polar surface area (TPSA) is 217 Å². The maximum Gasteiger partial charge on any atom is 0.356 e. The van der Waals surface area contributed by atoms with Gasteiger partial charge in [-0.25, -0.2) is 23.8 Å². The number of ether oxygens (including phenoxy) is 1. The molecule has 182 valence electrons. The van der Waals surface area contributed by atoms with E-state index < -0.39 is 28.6 Å². The van der Waals surface area contributed by atoms with Crippen molar-refractivity contribution in [3.63, 3.8) is 0 Å². The highest BCUT2D eigenvalue weighted by Gasteiger charge is 2.20. The molecule has 16 heteroatoms. The van der Waals surface area contributed by atoms with Crippen molar-refractivity contribution in [2.24, 2.45) is 0 Å². The van der Waals surface area contributed by atoms with Crippen LogP contribution in [0.4, 0.5) is 27.4 Å². The van der Waals surface area contributed by atoms with Crippen molar-refractivity contribution in [2.75, 3.05) is 23.9 Å². The van der Waals surface area contributed by atoms with Crippen molar-refractivity contribution in [1.29, 1.82) is 0 Å². The van der Waals surface area contributed by atoms with Gasteiger partial charge >= 0.3 is 11.9 Å². The quantitative estimate of drug-likeness (QED) is 0.134. The lowest BCUT2D eigenvalue weighted by Crippen LogP contribution is -2.36. The Morgan fingerprint density at radius 2 is 1.91 bits per heavy atom. The number of methoxy groups -OCH3 is 1. The van der Waals surface area contributed by atoms with Crippen molar-refractivity contribution in [2.45, 2.75) is 6.54 Å². The standard InChI is InChI=1S/C11H9ClFN3O2.C8H7N5O4/c12-15-4-5-1-2-6(13)7(3-5)16-9-8(14)10(17)11(9)18;1-17-6(16)4-2-3(5(14)15)10-8-11-7(9)12-13(4)8/h1-3,15-16H,4,14H2;2H,1H3,(H2,9,12)(H,14,15). The second-order valence-corrected chi connectivity index (χ2v) is 6.97. The number of hydrogen-bond acceptors (Lipinski definition) is 12. The van der Waals surface area contributed by atoms with E-state index in [0.717, 1.165) is 17.7 Å². The van der Waals surface area contributed by atoms with Crippen LogP contribution in [-0.4, -0.2) is 43.7 Å². The average Bonchev–Trinajstić information content (AvgIpc) is 3.23. The van der Waals surface area contributed by atoms with Gasteiger partial charge in [0.05, 0.1) is 12.8 Å². The number of nitrogens with one attached hydrogen (secondary N) is 2. The summed E-state index contributed by atoms with van der Waals surface area (Å²) in [5.74, 6) is -2.81. The summed E-state index contributed by atoms with van der Waals surface area (Å²) >= 11 is 5.35. The van der Waals surface area contributed by atoms with Crippen molar-refractivity contribution in [3.8, 4) is 0 Å². The van der Waals surface area contributed by atoms with Crippen LogP contribution in [0.25, 0.3) is 5.78 Å². The number of aromatic carboxylic acids is 1. The van der Waals surface area contributed by atoms with Gasteiger partial charge in [0.2, 0.25) is 5.95 Å². The summed E-state index contributed by atoms with van der Waals surface area (Å²) in [7, 11) is 1.16. The van der Waals surface area contributed by atoms with Gasteiger partial charge in [0, 0.05) is 12.6 Å². The minimum absolute atomic E-state index is 0.0678. The molecule has 7 N–H and O–H groups in total. The highest BCUT2D eigenvalue weighted by molar-refractivity contribution is 6.13. The van der Waals surface area contributed by atoms with Crippen LogP contribution in [0.1, 0.15) is 26.5 Å². The van der Waals surface area contributed by atoms with Crippen molar-refractivity contribution < 1.29 is 23.8 Å². The molecule has 0 saturated carbocycles. The number of benzene rings is 1. The monoisotopic (exact) mass is 506 g/mol. The van der Waals surface area contributed by atoms with Gasteiger partial charge in [-0.3, -0.25) is 9.59 Å². The number of nitrogens with two attached hydrogens (primary N) is 2. The molecule has 14 nitrogen and oxygen atoms in total. The number of anilines is 4. The van der Waals surface area contributed by atoms with Crippen LogP contribution in [0.3, 0.4) is 0 Å². The van der Waals surface area contributed by atoms with Crippen LogP contribution in [0.5, 0.6) is 0 Å². The Morgan fingerprint density at radius 3 is 2.51 bits per heavy atom. The smallest absolute Gasteiger partial charge is 0.356 e. The minimum atomic E-state index is -1.29. The van der Waals surface area contributed by atoms with E-state index >= 15 is 0 Å². The van der Waals surface area contributed by atoms with Crippen molar-refractivity contribution in [3.05, 3.63) is 67.5 Å². The summed E-state index contributed by atoms with van der Waals surface area (Å²) < 4.78 is 19.0. The van der Waals surface area contributed by atoms with E-state index in [1.54, 1.807) is 6.07 Å². The predicted octanol–water partition coefficient (Wildman–Crippen LogP) is 0.182. The number of aromatic nitrogens is 4. The fourth-order valence-corrected chi connectivity index (χ4v) is 2.92. The number of carbonyl (C=O) groups is 2. The lowest BCUT2D eigenvalue weighted by atomic mass is 10.1. The van der Waals surface area contributed by atoms with E-state index in [2.05, 4.69) is 30.0 Å². The number of carboxylic acid groups (broad SMARTS) is 1. The summed E-state index contributed by atoms with van der Waals surface area (Å²) in [6.07, 6.45) is 0. The van der Waals surface area contributed by atoms with Gasteiger partial charge in [0.25, 0.3) is 16.6 Å². The zero-order chi connectivity index (χ0) is 25.9. The molecule has 0 aliphatic heterocycles. The van der Waals surface area contributed by atoms with E-state index in [0.29, 0.717) is 12.1 Å². The number of nitrogens with zero attached hydrogens (tertiary/aromatic N) is 4. The number of esters is 1. The van der Waals surface area contributed by atoms with Gasteiger partial charge < -0.3 is 26.6 Å². The maximum atomic E-state index is 13.5. The fraction of sp³-hybridized carbons (Fsp3) is 0.105. The van der Waals surface area contributed by atoms with Crippen LogP contribution in [0.2, 0.25) is 0 Å². The molecular weight excluding hydrogens is 491 g/mol. The van der Waals surface area contributed by atoms with Crippen LogP contribution in [-0.2, 0) is 11.3 Å². The molecule has 0 spiro atoms. The lowest BCUT2D eigenvalue weighted by Gasteiger charge is -2.11. The molecule has 4 aromatic rings. The molecule has 4 rings (SSSR count). The summed E-state index contributed by atoms with van der Waals surface area (Å²) in [5, 5.41) is 15.1. The molecule has 0 saturated heterocycles. The average molecular weight is 507 g/mol. The van der Waals surface area contributed by atoms with E-state index in [4.69, 9.17) is 28.4 Å². The van der Waals surface area contributed by atoms with Crippen LogP contribution in [0, 0.1) is 5.82 Å². The lowest BCUT2D eigenvalue weighted by molar-refractivity contribution is 0.0590. The van der Waals surface area contributed by atoms with E-state index in [9.17, 15) is 23.6 Å².